The topological polar surface area (TPSA) is 116 Å². The maximum atomic E-state index is 13.1. The maximum Gasteiger partial charge on any atom is 0.326 e. The summed E-state index contributed by atoms with van der Waals surface area (Å²) in [5, 5.41) is 23.7. The maximum absolute atomic E-state index is 13.1. The predicted octanol–water partition coefficient (Wildman–Crippen LogP) is 2.60. The molecule has 0 spiro atoms. The summed E-state index contributed by atoms with van der Waals surface area (Å²) in [6.07, 6.45) is -1.73. The zero-order valence-electron chi connectivity index (χ0n) is 17.6. The van der Waals surface area contributed by atoms with Crippen molar-refractivity contribution >= 4 is 11.9 Å². The third-order valence-corrected chi connectivity index (χ3v) is 6.28. The van der Waals surface area contributed by atoms with Crippen molar-refractivity contribution in [1.29, 1.82) is 0 Å². The van der Waals surface area contributed by atoms with Crippen LogP contribution in [-0.2, 0) is 19.1 Å². The van der Waals surface area contributed by atoms with Crippen LogP contribution in [0.2, 0.25) is 0 Å². The van der Waals surface area contributed by atoms with Crippen molar-refractivity contribution in [2.24, 2.45) is 5.41 Å². The van der Waals surface area contributed by atoms with Gasteiger partial charge in [0.15, 0.2) is 0 Å². The molecule has 1 aliphatic rings. The van der Waals surface area contributed by atoms with Gasteiger partial charge < -0.3 is 14.6 Å². The molecule has 0 radical (unpaired) electrons. The van der Waals surface area contributed by atoms with E-state index in [0.717, 1.165) is 19.8 Å². The number of hydrogen-bond donors (Lipinski definition) is 1. The Labute approximate surface area is 179 Å². The minimum atomic E-state index is -2.28. The molecule has 1 aliphatic carbocycles. The minimum Gasteiger partial charge on any atom is -0.468 e. The van der Waals surface area contributed by atoms with Crippen molar-refractivity contribution in [3.05, 3.63) is 81.4 Å². The van der Waals surface area contributed by atoms with Gasteiger partial charge in [-0.15, -0.1) is 0 Å². The average molecular weight is 427 g/mol. The lowest BCUT2D eigenvalue weighted by Gasteiger charge is -2.46. The van der Waals surface area contributed by atoms with Crippen LogP contribution >= 0.6 is 0 Å². The van der Waals surface area contributed by atoms with E-state index in [1.54, 1.807) is 42.5 Å². The summed E-state index contributed by atoms with van der Waals surface area (Å²) in [5.74, 6) is -4.16. The number of nitrogens with zero attached hydrogens (tertiary/aromatic N) is 1. The largest absolute Gasteiger partial charge is 0.468 e. The van der Waals surface area contributed by atoms with Crippen LogP contribution in [0.5, 0.6) is 0 Å². The fourth-order valence-electron chi connectivity index (χ4n) is 4.92. The van der Waals surface area contributed by atoms with Gasteiger partial charge in [-0.3, -0.25) is 19.7 Å². The lowest BCUT2D eigenvalue weighted by molar-refractivity contribution is -0.538. The van der Waals surface area contributed by atoms with Crippen LogP contribution in [0.15, 0.2) is 54.6 Å². The van der Waals surface area contributed by atoms with E-state index in [-0.39, 0.29) is 6.42 Å². The van der Waals surface area contributed by atoms with Crippen molar-refractivity contribution in [3.8, 4) is 0 Å². The summed E-state index contributed by atoms with van der Waals surface area (Å²) in [7, 11) is 2.16. The van der Waals surface area contributed by atoms with E-state index in [1.807, 2.05) is 19.1 Å². The number of nitro groups is 1. The first-order chi connectivity index (χ1) is 14.8. The highest BCUT2D eigenvalue weighted by Crippen LogP contribution is 2.54. The molecule has 4 atom stereocenters. The Morgan fingerprint density at radius 3 is 2.10 bits per heavy atom. The highest BCUT2D eigenvalue weighted by atomic mass is 16.6. The normalized spacial score (nSPS) is 24.8. The molecule has 0 saturated heterocycles. The molecule has 8 heteroatoms. The lowest BCUT2D eigenvalue weighted by Crippen LogP contribution is -2.62. The Morgan fingerprint density at radius 2 is 1.58 bits per heavy atom. The number of hydrogen-bond acceptors (Lipinski definition) is 7. The van der Waals surface area contributed by atoms with Crippen LogP contribution in [0.4, 0.5) is 0 Å². The summed E-state index contributed by atoms with van der Waals surface area (Å²) < 4.78 is 9.82. The summed E-state index contributed by atoms with van der Waals surface area (Å²) in [6, 6.07) is 14.1. The molecule has 0 heterocycles. The van der Waals surface area contributed by atoms with E-state index in [4.69, 9.17) is 9.47 Å². The first-order valence-electron chi connectivity index (χ1n) is 9.89. The van der Waals surface area contributed by atoms with E-state index < -0.39 is 46.3 Å². The van der Waals surface area contributed by atoms with Gasteiger partial charge in [0.1, 0.15) is 0 Å². The number of ether oxygens (including phenoxy) is 2. The molecule has 31 heavy (non-hydrogen) atoms. The molecule has 0 aliphatic heterocycles. The summed E-state index contributed by atoms with van der Waals surface area (Å²) in [5.41, 5.74) is -0.395. The third-order valence-electron chi connectivity index (χ3n) is 6.28. The van der Waals surface area contributed by atoms with Gasteiger partial charge in [-0.2, -0.15) is 0 Å². The molecule has 1 fully saturated rings. The predicted molar refractivity (Wildman–Crippen MR) is 111 cm³/mol. The SMILES string of the molecule is COC(=O)C1(C(=O)OC)[C@@H](O)C[C@@H](c2ccccc2C)[C@H]([N+](=O)[O-])[C@@H]1c1ccccc1. The number of aryl methyl sites for hydroxylation is 1. The summed E-state index contributed by atoms with van der Waals surface area (Å²) >= 11 is 0. The van der Waals surface area contributed by atoms with E-state index in [9.17, 15) is 24.8 Å². The molecular formula is C23H25NO7. The van der Waals surface area contributed by atoms with Crippen molar-refractivity contribution < 1.29 is 29.1 Å². The van der Waals surface area contributed by atoms with Gasteiger partial charge in [-0.25, -0.2) is 0 Å². The van der Waals surface area contributed by atoms with E-state index in [2.05, 4.69) is 0 Å². The lowest BCUT2D eigenvalue weighted by atomic mass is 9.56. The van der Waals surface area contributed by atoms with Gasteiger partial charge >= 0.3 is 11.9 Å². The summed E-state index contributed by atoms with van der Waals surface area (Å²) in [6.45, 7) is 1.83. The molecule has 3 rings (SSSR count). The molecule has 8 nitrogen and oxygen atoms in total. The van der Waals surface area contributed by atoms with Gasteiger partial charge in [0.25, 0.3) is 0 Å². The monoisotopic (exact) mass is 427 g/mol. The van der Waals surface area contributed by atoms with Gasteiger partial charge in [-0.05, 0) is 30.0 Å². The quantitative estimate of drug-likeness (QED) is 0.337. The zero-order valence-corrected chi connectivity index (χ0v) is 17.6. The number of rotatable bonds is 5. The fourth-order valence-corrected chi connectivity index (χ4v) is 4.92. The van der Waals surface area contributed by atoms with E-state index in [1.165, 1.54) is 0 Å². The molecule has 2 aromatic rings. The first kappa shape index (κ1) is 22.4. The Hall–Kier alpha value is -3.26. The number of esters is 2. The number of carbonyl (C=O) groups is 2. The van der Waals surface area contributed by atoms with Crippen LogP contribution in [-0.4, -0.2) is 48.3 Å². The van der Waals surface area contributed by atoms with Crippen LogP contribution in [0.3, 0.4) is 0 Å². The Kier molecular flexibility index (Phi) is 6.40. The standard InChI is InChI=1S/C23H25NO7/c1-14-9-7-8-12-16(14)17-13-18(25)23(21(26)30-2,22(27)31-3)19(20(17)24(28)29)15-10-5-4-6-11-15/h4-12,17-20,25H,13H2,1-3H3/t17-,18-,19-,20-/m0/s1. The van der Waals surface area contributed by atoms with Crippen LogP contribution in [0.25, 0.3) is 0 Å². The van der Waals surface area contributed by atoms with Crippen LogP contribution < -0.4 is 0 Å². The molecule has 2 aromatic carbocycles. The average Bonchev–Trinajstić information content (AvgIpc) is 2.78. The van der Waals surface area contributed by atoms with Crippen molar-refractivity contribution in [1.82, 2.24) is 0 Å². The second-order valence-corrected chi connectivity index (χ2v) is 7.73. The fraction of sp³-hybridized carbons (Fsp3) is 0.391. The van der Waals surface area contributed by atoms with Crippen molar-refractivity contribution in [2.75, 3.05) is 14.2 Å². The molecule has 0 aromatic heterocycles. The zero-order chi connectivity index (χ0) is 22.8. The highest BCUT2D eigenvalue weighted by Gasteiger charge is 2.69. The van der Waals surface area contributed by atoms with E-state index in [0.29, 0.717) is 11.1 Å². The Morgan fingerprint density at radius 1 is 1.03 bits per heavy atom. The molecule has 1 saturated carbocycles. The van der Waals surface area contributed by atoms with E-state index >= 15 is 0 Å². The van der Waals surface area contributed by atoms with Gasteiger partial charge in [-0.1, -0.05) is 54.6 Å². The van der Waals surface area contributed by atoms with Gasteiger partial charge in [0.2, 0.25) is 11.5 Å². The smallest absolute Gasteiger partial charge is 0.326 e. The van der Waals surface area contributed by atoms with Gasteiger partial charge in [0.05, 0.1) is 32.2 Å². The number of carbonyl (C=O) groups excluding carboxylic acids is 2. The van der Waals surface area contributed by atoms with Crippen molar-refractivity contribution in [3.63, 3.8) is 0 Å². The third kappa shape index (κ3) is 3.57. The second kappa shape index (κ2) is 8.85. The Bertz CT molecular complexity index is 959. The molecule has 0 bridgehead atoms. The molecule has 0 amide bonds. The molecule has 0 unspecified atom stereocenters. The number of benzene rings is 2. The molecule has 1 N–H and O–H groups in total. The first-order valence-corrected chi connectivity index (χ1v) is 9.89. The van der Waals surface area contributed by atoms with Gasteiger partial charge in [0, 0.05) is 4.92 Å². The second-order valence-electron chi connectivity index (χ2n) is 7.73. The summed E-state index contributed by atoms with van der Waals surface area (Å²) in [4.78, 5) is 38.1. The number of aliphatic hydroxyl groups excluding tert-OH is 1. The number of methoxy groups -OCH3 is 2. The van der Waals surface area contributed by atoms with Crippen LogP contribution in [0.1, 0.15) is 34.9 Å². The minimum absolute atomic E-state index is 0.177. The Balaban J connectivity index is 2.34. The molecular weight excluding hydrogens is 402 g/mol. The van der Waals surface area contributed by atoms with Crippen molar-refractivity contribution in [2.45, 2.75) is 37.3 Å². The molecule has 164 valence electrons. The van der Waals surface area contributed by atoms with Crippen LogP contribution in [0, 0.1) is 22.5 Å². The number of aliphatic hydroxyl groups is 1. The highest BCUT2D eigenvalue weighted by molar-refractivity contribution is 6.02.